The summed E-state index contributed by atoms with van der Waals surface area (Å²) in [6.45, 7) is 0.341. The first kappa shape index (κ1) is 23.1. The van der Waals surface area contributed by atoms with E-state index in [1.807, 2.05) is 29.9 Å². The number of nitrogens with one attached hydrogen (secondary N) is 1. The summed E-state index contributed by atoms with van der Waals surface area (Å²) < 4.78 is 40.9. The van der Waals surface area contributed by atoms with E-state index in [-0.39, 0.29) is 16.6 Å². The number of nitrogens with two attached hydrogens (primary N) is 1. The van der Waals surface area contributed by atoms with Crippen molar-refractivity contribution in [3.63, 3.8) is 0 Å². The van der Waals surface area contributed by atoms with E-state index in [0.29, 0.717) is 23.4 Å². The highest BCUT2D eigenvalue weighted by Gasteiger charge is 2.31. The van der Waals surface area contributed by atoms with Gasteiger partial charge < -0.3 is 15.6 Å². The Hall–Kier alpha value is -3.52. The van der Waals surface area contributed by atoms with Crippen molar-refractivity contribution in [2.24, 2.45) is 17.8 Å². The van der Waals surface area contributed by atoms with Gasteiger partial charge in [-0.15, -0.1) is 0 Å². The highest BCUT2D eigenvalue weighted by atomic mass is 35.5. The van der Waals surface area contributed by atoms with E-state index >= 15 is 0 Å². The van der Waals surface area contributed by atoms with E-state index in [0.717, 1.165) is 11.8 Å². The minimum absolute atomic E-state index is 0.0382. The van der Waals surface area contributed by atoms with Gasteiger partial charge in [-0.3, -0.25) is 4.79 Å². The third kappa shape index (κ3) is 5.79. The Morgan fingerprint density at radius 2 is 1.75 bits per heavy atom. The van der Waals surface area contributed by atoms with Gasteiger partial charge in [-0.2, -0.15) is 13.2 Å². The summed E-state index contributed by atoms with van der Waals surface area (Å²) >= 11 is 6.10. The molecule has 0 aliphatic carbocycles. The Labute approximate surface area is 188 Å². The van der Waals surface area contributed by atoms with Gasteiger partial charge >= 0.3 is 6.18 Å². The average molecular weight is 461 g/mol. The van der Waals surface area contributed by atoms with Crippen LogP contribution in [0.2, 0.25) is 5.02 Å². The van der Waals surface area contributed by atoms with Gasteiger partial charge in [0.05, 0.1) is 23.0 Å². The maximum Gasteiger partial charge on any atom is 0.430 e. The summed E-state index contributed by atoms with van der Waals surface area (Å²) in [5, 5.41) is 3.08. The molecule has 0 radical (unpaired) electrons. The standard InChI is InChI=1S/C23H20ClF3N4O/c1-31-12-4-5-17(31)14-29-22(32)16-10-8-15(9-11-16)20(13-21(28)23(25,26)27)30-19-7-3-2-6-18(19)24/h2-13H,14,28H2,1H3,(H,29,32). The zero-order chi connectivity index (χ0) is 23.3. The fourth-order valence-corrected chi connectivity index (χ4v) is 3.00. The van der Waals surface area contributed by atoms with Crippen molar-refractivity contribution in [2.75, 3.05) is 0 Å². The number of amides is 1. The molecule has 1 aromatic heterocycles. The molecule has 0 spiro atoms. The normalized spacial score (nSPS) is 12.7. The second kappa shape index (κ2) is 9.74. The number of benzene rings is 2. The zero-order valence-corrected chi connectivity index (χ0v) is 17.8. The Morgan fingerprint density at radius 3 is 2.34 bits per heavy atom. The maximum atomic E-state index is 13.0. The molecule has 0 atom stereocenters. The Bertz CT molecular complexity index is 1160. The molecule has 0 aliphatic heterocycles. The summed E-state index contributed by atoms with van der Waals surface area (Å²) in [7, 11) is 1.87. The van der Waals surface area contributed by atoms with Crippen LogP contribution in [0.3, 0.4) is 0 Å². The van der Waals surface area contributed by atoms with E-state index in [9.17, 15) is 18.0 Å². The van der Waals surface area contributed by atoms with Gasteiger partial charge in [0.1, 0.15) is 5.70 Å². The molecule has 5 nitrogen and oxygen atoms in total. The van der Waals surface area contributed by atoms with Crippen molar-refractivity contribution < 1.29 is 18.0 Å². The number of aliphatic imine (C=N–C) groups is 1. The summed E-state index contributed by atoms with van der Waals surface area (Å²) in [6, 6.07) is 16.3. The molecule has 32 heavy (non-hydrogen) atoms. The number of halogens is 4. The van der Waals surface area contributed by atoms with Crippen molar-refractivity contribution >= 4 is 28.9 Å². The quantitative estimate of drug-likeness (QED) is 0.500. The number of aryl methyl sites for hydroxylation is 1. The lowest BCUT2D eigenvalue weighted by atomic mass is 10.1. The van der Waals surface area contributed by atoms with Gasteiger partial charge in [0, 0.05) is 30.1 Å². The van der Waals surface area contributed by atoms with Crippen LogP contribution in [-0.2, 0) is 13.6 Å². The molecule has 2 aromatic carbocycles. The van der Waals surface area contributed by atoms with Crippen LogP contribution in [-0.4, -0.2) is 22.4 Å². The Morgan fingerprint density at radius 1 is 1.09 bits per heavy atom. The van der Waals surface area contributed by atoms with Crippen LogP contribution in [0.15, 0.2) is 83.6 Å². The Kier molecular flexibility index (Phi) is 7.05. The highest BCUT2D eigenvalue weighted by Crippen LogP contribution is 2.27. The molecule has 3 aromatic rings. The number of nitrogens with zero attached hydrogens (tertiary/aromatic N) is 2. The lowest BCUT2D eigenvalue weighted by Crippen LogP contribution is -2.24. The number of hydrogen-bond donors (Lipinski definition) is 2. The van der Waals surface area contributed by atoms with Crippen LogP contribution in [0.1, 0.15) is 21.6 Å². The highest BCUT2D eigenvalue weighted by molar-refractivity contribution is 6.33. The van der Waals surface area contributed by atoms with E-state index in [4.69, 9.17) is 17.3 Å². The monoisotopic (exact) mass is 460 g/mol. The molecule has 0 aliphatic rings. The zero-order valence-electron chi connectivity index (χ0n) is 17.0. The average Bonchev–Trinajstić information content (AvgIpc) is 3.17. The molecule has 1 amide bonds. The SMILES string of the molecule is Cn1cccc1CNC(=O)c1ccc(C(C=C(N)C(F)(F)F)=Nc2ccccc2Cl)cc1. The minimum atomic E-state index is -4.71. The first-order valence-corrected chi connectivity index (χ1v) is 9.89. The number of aromatic nitrogens is 1. The second-order valence-corrected chi connectivity index (χ2v) is 7.32. The van der Waals surface area contributed by atoms with Crippen molar-refractivity contribution in [3.8, 4) is 0 Å². The summed E-state index contributed by atoms with van der Waals surface area (Å²) in [5.41, 5.74) is 5.79. The second-order valence-electron chi connectivity index (χ2n) is 6.92. The molecule has 0 bridgehead atoms. The molecule has 1 heterocycles. The van der Waals surface area contributed by atoms with Crippen LogP contribution in [0.5, 0.6) is 0 Å². The lowest BCUT2D eigenvalue weighted by molar-refractivity contribution is -0.0925. The van der Waals surface area contributed by atoms with E-state index < -0.39 is 11.9 Å². The molecule has 9 heteroatoms. The Balaban J connectivity index is 1.88. The molecule has 0 fully saturated rings. The predicted octanol–water partition coefficient (Wildman–Crippen LogP) is 5.13. The van der Waals surface area contributed by atoms with Gasteiger partial charge in [-0.25, -0.2) is 4.99 Å². The third-order valence-electron chi connectivity index (χ3n) is 4.64. The van der Waals surface area contributed by atoms with E-state index in [1.54, 1.807) is 24.3 Å². The first-order valence-electron chi connectivity index (χ1n) is 9.51. The van der Waals surface area contributed by atoms with Gasteiger partial charge in [-0.1, -0.05) is 35.9 Å². The number of allylic oxidation sites excluding steroid dienone is 2. The molecular formula is C23H20ClF3N4O. The molecule has 0 saturated heterocycles. The van der Waals surface area contributed by atoms with Gasteiger partial charge in [0.25, 0.3) is 5.91 Å². The summed E-state index contributed by atoms with van der Waals surface area (Å²) in [6.07, 6.45) is -2.10. The minimum Gasteiger partial charge on any atom is -0.395 e. The van der Waals surface area contributed by atoms with Crippen molar-refractivity contribution in [1.29, 1.82) is 0 Å². The molecule has 3 rings (SSSR count). The fourth-order valence-electron chi connectivity index (χ4n) is 2.83. The lowest BCUT2D eigenvalue weighted by Gasteiger charge is -2.10. The molecule has 0 saturated carbocycles. The molecule has 0 unspecified atom stereocenters. The van der Waals surface area contributed by atoms with Gasteiger partial charge in [0.15, 0.2) is 0 Å². The molecule has 166 valence electrons. The maximum absolute atomic E-state index is 13.0. The first-order chi connectivity index (χ1) is 15.1. The number of hydrogen-bond acceptors (Lipinski definition) is 3. The van der Waals surface area contributed by atoms with Crippen LogP contribution < -0.4 is 11.1 Å². The summed E-state index contributed by atoms with van der Waals surface area (Å²) in [5.74, 6) is -0.312. The van der Waals surface area contributed by atoms with Crippen LogP contribution in [0.4, 0.5) is 18.9 Å². The van der Waals surface area contributed by atoms with Crippen LogP contribution >= 0.6 is 11.6 Å². The smallest absolute Gasteiger partial charge is 0.395 e. The predicted molar refractivity (Wildman–Crippen MR) is 119 cm³/mol. The third-order valence-corrected chi connectivity index (χ3v) is 4.96. The fraction of sp³-hybridized carbons (Fsp3) is 0.130. The van der Waals surface area contributed by atoms with Crippen molar-refractivity contribution in [3.05, 3.63) is 100 Å². The topological polar surface area (TPSA) is 72.4 Å². The molecular weight excluding hydrogens is 441 g/mol. The molecule has 3 N–H and O–H groups in total. The number of carbonyl (C=O) groups excluding carboxylic acids is 1. The van der Waals surface area contributed by atoms with Gasteiger partial charge in [0.2, 0.25) is 0 Å². The van der Waals surface area contributed by atoms with Gasteiger partial charge in [-0.05, 0) is 42.5 Å². The number of rotatable bonds is 6. The largest absolute Gasteiger partial charge is 0.430 e. The van der Waals surface area contributed by atoms with E-state index in [1.165, 1.54) is 24.3 Å². The number of alkyl halides is 3. The van der Waals surface area contributed by atoms with Crippen molar-refractivity contribution in [2.45, 2.75) is 12.7 Å². The van der Waals surface area contributed by atoms with E-state index in [2.05, 4.69) is 10.3 Å². The van der Waals surface area contributed by atoms with Crippen LogP contribution in [0.25, 0.3) is 0 Å². The number of carbonyl (C=O) groups is 1. The van der Waals surface area contributed by atoms with Crippen LogP contribution in [0, 0.1) is 0 Å². The van der Waals surface area contributed by atoms with Crippen molar-refractivity contribution in [1.82, 2.24) is 9.88 Å². The number of para-hydroxylation sites is 1. The summed E-state index contributed by atoms with van der Waals surface area (Å²) in [4.78, 5) is 16.7.